The number of rotatable bonds is 5. The standard InChI is InChI=1S/C18H18Cl2N2O2/c1-2-24-17(23)12-10-21-16(22-11-12)9-18(6-3-7-18)14-5-4-13(19)8-15(14)20/h4-5,8,10-11H,2-3,6-7,9H2,1H3. The molecule has 1 aliphatic carbocycles. The van der Waals surface area contributed by atoms with Crippen LogP contribution in [0.4, 0.5) is 0 Å². The highest BCUT2D eigenvalue weighted by molar-refractivity contribution is 6.35. The molecular formula is C18H18Cl2N2O2. The quantitative estimate of drug-likeness (QED) is 0.726. The number of hydrogen-bond acceptors (Lipinski definition) is 4. The van der Waals surface area contributed by atoms with Crippen molar-refractivity contribution >= 4 is 29.2 Å². The number of ether oxygens (including phenoxy) is 1. The first-order chi connectivity index (χ1) is 11.5. The highest BCUT2D eigenvalue weighted by Crippen LogP contribution is 2.48. The molecule has 0 amide bonds. The van der Waals surface area contributed by atoms with E-state index in [1.807, 2.05) is 12.1 Å². The Morgan fingerprint density at radius 1 is 1.25 bits per heavy atom. The van der Waals surface area contributed by atoms with Gasteiger partial charge < -0.3 is 4.74 Å². The topological polar surface area (TPSA) is 52.1 Å². The Kier molecular flexibility index (Phi) is 5.07. The molecule has 0 radical (unpaired) electrons. The van der Waals surface area contributed by atoms with Gasteiger partial charge in [-0.1, -0.05) is 35.7 Å². The Balaban J connectivity index is 1.81. The monoisotopic (exact) mass is 364 g/mol. The summed E-state index contributed by atoms with van der Waals surface area (Å²) in [5, 5.41) is 1.32. The van der Waals surface area contributed by atoms with Crippen molar-refractivity contribution < 1.29 is 9.53 Å². The lowest BCUT2D eigenvalue weighted by molar-refractivity contribution is 0.0525. The second kappa shape index (κ2) is 7.08. The zero-order valence-electron chi connectivity index (χ0n) is 13.4. The molecule has 1 saturated carbocycles. The minimum Gasteiger partial charge on any atom is -0.462 e. The van der Waals surface area contributed by atoms with Gasteiger partial charge in [-0.2, -0.15) is 0 Å². The summed E-state index contributed by atoms with van der Waals surface area (Å²) in [5.41, 5.74) is 1.42. The van der Waals surface area contributed by atoms with E-state index in [0.717, 1.165) is 24.8 Å². The van der Waals surface area contributed by atoms with E-state index in [2.05, 4.69) is 9.97 Å². The Labute approximate surface area is 151 Å². The van der Waals surface area contributed by atoms with Gasteiger partial charge in [0.25, 0.3) is 0 Å². The van der Waals surface area contributed by atoms with Crippen LogP contribution >= 0.6 is 23.2 Å². The molecule has 1 aromatic heterocycles. The van der Waals surface area contributed by atoms with Crippen molar-refractivity contribution in [2.75, 3.05) is 6.61 Å². The van der Waals surface area contributed by atoms with Gasteiger partial charge in [-0.15, -0.1) is 0 Å². The van der Waals surface area contributed by atoms with Gasteiger partial charge in [0.15, 0.2) is 0 Å². The summed E-state index contributed by atoms with van der Waals surface area (Å²) in [7, 11) is 0. The number of carbonyl (C=O) groups excluding carboxylic acids is 1. The van der Waals surface area contributed by atoms with Gasteiger partial charge in [0.1, 0.15) is 5.82 Å². The second-order valence-corrected chi connectivity index (χ2v) is 6.89. The lowest BCUT2D eigenvalue weighted by Gasteiger charge is -2.42. The fourth-order valence-corrected chi connectivity index (χ4v) is 3.74. The number of carbonyl (C=O) groups is 1. The third kappa shape index (κ3) is 3.40. The van der Waals surface area contributed by atoms with E-state index in [4.69, 9.17) is 27.9 Å². The van der Waals surface area contributed by atoms with Crippen LogP contribution in [0.5, 0.6) is 0 Å². The van der Waals surface area contributed by atoms with Crippen molar-refractivity contribution in [3.63, 3.8) is 0 Å². The smallest absolute Gasteiger partial charge is 0.341 e. The third-order valence-corrected chi connectivity index (χ3v) is 5.07. The SMILES string of the molecule is CCOC(=O)c1cnc(CC2(c3ccc(Cl)cc3Cl)CCC2)nc1. The van der Waals surface area contributed by atoms with Gasteiger partial charge >= 0.3 is 5.97 Å². The molecule has 1 heterocycles. The van der Waals surface area contributed by atoms with Crippen molar-refractivity contribution in [3.8, 4) is 0 Å². The maximum Gasteiger partial charge on any atom is 0.341 e. The van der Waals surface area contributed by atoms with Crippen LogP contribution in [0.3, 0.4) is 0 Å². The van der Waals surface area contributed by atoms with E-state index >= 15 is 0 Å². The summed E-state index contributed by atoms with van der Waals surface area (Å²) in [4.78, 5) is 20.4. The van der Waals surface area contributed by atoms with Gasteiger partial charge in [-0.3, -0.25) is 0 Å². The maximum atomic E-state index is 11.7. The number of aromatic nitrogens is 2. The van der Waals surface area contributed by atoms with Crippen LogP contribution in [0.2, 0.25) is 10.0 Å². The first kappa shape index (κ1) is 17.2. The predicted octanol–water partition coefficient (Wildman–Crippen LogP) is 4.62. The molecule has 0 atom stereocenters. The van der Waals surface area contributed by atoms with E-state index in [0.29, 0.717) is 34.5 Å². The van der Waals surface area contributed by atoms with Crippen LogP contribution in [0.1, 0.15) is 47.9 Å². The van der Waals surface area contributed by atoms with Crippen molar-refractivity contribution in [3.05, 3.63) is 57.6 Å². The molecule has 0 spiro atoms. The minimum atomic E-state index is -0.400. The van der Waals surface area contributed by atoms with Gasteiger partial charge in [0.05, 0.1) is 12.2 Å². The number of halogens is 2. The van der Waals surface area contributed by atoms with E-state index in [1.165, 1.54) is 12.4 Å². The summed E-state index contributed by atoms with van der Waals surface area (Å²) < 4.78 is 4.95. The fourth-order valence-electron chi connectivity index (χ4n) is 3.13. The molecule has 1 aliphatic rings. The summed E-state index contributed by atoms with van der Waals surface area (Å²) >= 11 is 12.4. The molecule has 0 aliphatic heterocycles. The largest absolute Gasteiger partial charge is 0.462 e. The van der Waals surface area contributed by atoms with Crippen LogP contribution in [-0.4, -0.2) is 22.5 Å². The number of nitrogens with zero attached hydrogens (tertiary/aromatic N) is 2. The van der Waals surface area contributed by atoms with Crippen molar-refractivity contribution in [2.45, 2.75) is 38.0 Å². The lowest BCUT2D eigenvalue weighted by atomic mass is 9.62. The molecule has 3 rings (SSSR count). The van der Waals surface area contributed by atoms with Crippen LogP contribution in [0, 0.1) is 0 Å². The van der Waals surface area contributed by atoms with Crippen molar-refractivity contribution in [2.24, 2.45) is 0 Å². The van der Waals surface area contributed by atoms with E-state index in [1.54, 1.807) is 13.0 Å². The Bertz CT molecular complexity index is 743. The molecule has 1 aromatic carbocycles. The molecule has 4 nitrogen and oxygen atoms in total. The Hall–Kier alpha value is -1.65. The summed E-state index contributed by atoms with van der Waals surface area (Å²) in [6.45, 7) is 2.10. The summed E-state index contributed by atoms with van der Waals surface area (Å²) in [5.74, 6) is 0.303. The molecule has 0 saturated heterocycles. The van der Waals surface area contributed by atoms with Gasteiger partial charge in [-0.05, 0) is 37.5 Å². The van der Waals surface area contributed by atoms with Crippen LogP contribution in [0.25, 0.3) is 0 Å². The average molecular weight is 365 g/mol. The van der Waals surface area contributed by atoms with Crippen molar-refractivity contribution in [1.29, 1.82) is 0 Å². The number of benzene rings is 1. The molecular weight excluding hydrogens is 347 g/mol. The molecule has 1 fully saturated rings. The average Bonchev–Trinajstić information content (AvgIpc) is 2.52. The van der Waals surface area contributed by atoms with E-state index < -0.39 is 5.97 Å². The zero-order chi connectivity index (χ0) is 17.2. The van der Waals surface area contributed by atoms with Crippen LogP contribution < -0.4 is 0 Å². The molecule has 0 unspecified atom stereocenters. The zero-order valence-corrected chi connectivity index (χ0v) is 14.9. The molecule has 0 N–H and O–H groups in total. The second-order valence-electron chi connectivity index (χ2n) is 6.04. The third-order valence-electron chi connectivity index (χ3n) is 4.53. The lowest BCUT2D eigenvalue weighted by Crippen LogP contribution is -2.37. The van der Waals surface area contributed by atoms with Gasteiger partial charge in [0, 0.05) is 34.3 Å². The molecule has 2 aromatic rings. The first-order valence-electron chi connectivity index (χ1n) is 7.98. The van der Waals surface area contributed by atoms with E-state index in [-0.39, 0.29) is 5.41 Å². The highest BCUT2D eigenvalue weighted by Gasteiger charge is 2.40. The molecule has 24 heavy (non-hydrogen) atoms. The van der Waals surface area contributed by atoms with Crippen LogP contribution in [-0.2, 0) is 16.6 Å². The Morgan fingerprint density at radius 3 is 2.50 bits per heavy atom. The first-order valence-corrected chi connectivity index (χ1v) is 8.73. The number of esters is 1. The maximum absolute atomic E-state index is 11.7. The number of hydrogen-bond donors (Lipinski definition) is 0. The van der Waals surface area contributed by atoms with E-state index in [9.17, 15) is 4.79 Å². The molecule has 126 valence electrons. The molecule has 6 heteroatoms. The Morgan fingerprint density at radius 2 is 1.96 bits per heavy atom. The van der Waals surface area contributed by atoms with Gasteiger partial charge in [-0.25, -0.2) is 14.8 Å². The minimum absolute atomic E-state index is 0.0485. The predicted molar refractivity (Wildman–Crippen MR) is 93.7 cm³/mol. The summed E-state index contributed by atoms with van der Waals surface area (Å²) in [6.07, 6.45) is 6.97. The van der Waals surface area contributed by atoms with Gasteiger partial charge in [0.2, 0.25) is 0 Å². The normalized spacial score (nSPS) is 15.6. The van der Waals surface area contributed by atoms with Crippen molar-refractivity contribution in [1.82, 2.24) is 9.97 Å². The highest BCUT2D eigenvalue weighted by atomic mass is 35.5. The van der Waals surface area contributed by atoms with Crippen LogP contribution in [0.15, 0.2) is 30.6 Å². The fraction of sp³-hybridized carbons (Fsp3) is 0.389. The molecule has 0 bridgehead atoms. The summed E-state index contributed by atoms with van der Waals surface area (Å²) in [6, 6.07) is 5.65.